The van der Waals surface area contributed by atoms with Crippen LogP contribution in [0.25, 0.3) is 0 Å². The molecule has 0 spiro atoms. The number of halogens is 1. The van der Waals surface area contributed by atoms with Crippen molar-refractivity contribution in [2.24, 2.45) is 22.2 Å². The Morgan fingerprint density at radius 2 is 2.00 bits per heavy atom. The Hall–Kier alpha value is -0.120. The second-order valence-corrected chi connectivity index (χ2v) is 7.83. The average molecular weight is 468 g/mol. The first-order valence-corrected chi connectivity index (χ1v) is 9.42. The summed E-state index contributed by atoms with van der Waals surface area (Å²) in [6.07, 6.45) is 3.13. The van der Waals surface area contributed by atoms with Crippen molar-refractivity contribution in [2.45, 2.75) is 33.1 Å². The second-order valence-electron chi connectivity index (χ2n) is 7.83. The quantitative estimate of drug-likeness (QED) is 0.301. The predicted molar refractivity (Wildman–Crippen MR) is 114 cm³/mol. The van der Waals surface area contributed by atoms with Crippen molar-refractivity contribution >= 4 is 29.9 Å². The van der Waals surface area contributed by atoms with E-state index in [4.69, 9.17) is 4.74 Å². The number of guanidine groups is 1. The van der Waals surface area contributed by atoms with Gasteiger partial charge < -0.3 is 25.4 Å². The van der Waals surface area contributed by atoms with Gasteiger partial charge in [0, 0.05) is 58.4 Å². The van der Waals surface area contributed by atoms with Crippen molar-refractivity contribution in [1.29, 1.82) is 0 Å². The summed E-state index contributed by atoms with van der Waals surface area (Å²) in [5.41, 5.74) is 0.0457. The summed E-state index contributed by atoms with van der Waals surface area (Å²) >= 11 is 0. The van der Waals surface area contributed by atoms with Gasteiger partial charge in [0.15, 0.2) is 5.96 Å². The summed E-state index contributed by atoms with van der Waals surface area (Å²) in [7, 11) is 1.81. The monoisotopic (exact) mass is 468 g/mol. The molecule has 2 aliphatic rings. The molecule has 3 N–H and O–H groups in total. The lowest BCUT2D eigenvalue weighted by Crippen LogP contribution is -2.47. The maximum Gasteiger partial charge on any atom is 0.191 e. The highest BCUT2D eigenvalue weighted by Gasteiger charge is 2.34. The minimum absolute atomic E-state index is 0. The molecule has 2 saturated heterocycles. The largest absolute Gasteiger partial charge is 0.396 e. The van der Waals surface area contributed by atoms with E-state index < -0.39 is 0 Å². The number of nitrogens with zero attached hydrogens (tertiary/aromatic N) is 2. The number of nitrogens with one attached hydrogen (secondary N) is 2. The molecule has 0 aromatic carbocycles. The van der Waals surface area contributed by atoms with Crippen LogP contribution < -0.4 is 10.6 Å². The molecule has 0 amide bonds. The van der Waals surface area contributed by atoms with Crippen LogP contribution in [0.1, 0.15) is 33.1 Å². The third-order valence-electron chi connectivity index (χ3n) is 5.35. The van der Waals surface area contributed by atoms with E-state index >= 15 is 0 Å². The molecule has 0 aromatic heterocycles. The fourth-order valence-electron chi connectivity index (χ4n) is 4.11. The van der Waals surface area contributed by atoms with Gasteiger partial charge in [0.25, 0.3) is 0 Å². The Morgan fingerprint density at radius 3 is 2.56 bits per heavy atom. The first kappa shape index (κ1) is 22.9. The summed E-state index contributed by atoms with van der Waals surface area (Å²) < 4.78 is 5.54. The molecule has 6 nitrogen and oxygen atoms in total. The van der Waals surface area contributed by atoms with E-state index in [9.17, 15) is 5.11 Å². The zero-order valence-electron chi connectivity index (χ0n) is 16.1. The molecule has 2 heterocycles. The molecule has 2 aliphatic heterocycles. The van der Waals surface area contributed by atoms with Gasteiger partial charge in [-0.25, -0.2) is 0 Å². The van der Waals surface area contributed by atoms with E-state index in [1.54, 1.807) is 0 Å². The number of hydrogen-bond donors (Lipinski definition) is 3. The van der Waals surface area contributed by atoms with Crippen LogP contribution in [0, 0.1) is 17.3 Å². The van der Waals surface area contributed by atoms with Gasteiger partial charge in [0.05, 0.1) is 6.61 Å². The normalized spacial score (nSPS) is 30.8. The summed E-state index contributed by atoms with van der Waals surface area (Å²) in [5, 5.41) is 16.2. The van der Waals surface area contributed by atoms with Crippen molar-refractivity contribution in [3.63, 3.8) is 0 Å². The lowest BCUT2D eigenvalue weighted by Gasteiger charge is -2.35. The van der Waals surface area contributed by atoms with Gasteiger partial charge >= 0.3 is 0 Å². The molecule has 0 aliphatic carbocycles. The van der Waals surface area contributed by atoms with Crippen molar-refractivity contribution in [1.82, 2.24) is 15.5 Å². The number of hydrogen-bond acceptors (Lipinski definition) is 4. The van der Waals surface area contributed by atoms with Gasteiger partial charge in [-0.2, -0.15) is 0 Å². The third-order valence-corrected chi connectivity index (χ3v) is 5.35. The zero-order chi connectivity index (χ0) is 17.4. The molecule has 7 heteroatoms. The minimum Gasteiger partial charge on any atom is -0.396 e. The fraction of sp³-hybridized carbons (Fsp3) is 0.944. The second kappa shape index (κ2) is 11.6. The van der Waals surface area contributed by atoms with Crippen LogP contribution in [0.15, 0.2) is 4.99 Å². The summed E-state index contributed by atoms with van der Waals surface area (Å²) in [5.74, 6) is 2.44. The Morgan fingerprint density at radius 1 is 1.28 bits per heavy atom. The number of likely N-dealkylation sites (tertiary alicyclic amines) is 1. The first-order chi connectivity index (χ1) is 11.6. The maximum absolute atomic E-state index is 9.31. The number of aliphatic imine (C=N–C) groups is 1. The van der Waals surface area contributed by atoms with Crippen LogP contribution in [-0.4, -0.2) is 75.6 Å². The van der Waals surface area contributed by atoms with E-state index in [1.165, 1.54) is 19.5 Å². The molecule has 0 bridgehead atoms. The fourth-order valence-corrected chi connectivity index (χ4v) is 4.11. The van der Waals surface area contributed by atoms with Crippen LogP contribution in [0.2, 0.25) is 0 Å². The van der Waals surface area contributed by atoms with Gasteiger partial charge in [-0.1, -0.05) is 13.8 Å². The van der Waals surface area contributed by atoms with Crippen LogP contribution in [0.4, 0.5) is 0 Å². The number of rotatable bonds is 7. The number of ether oxygens (including phenoxy) is 1. The van der Waals surface area contributed by atoms with Crippen LogP contribution in [0.3, 0.4) is 0 Å². The highest BCUT2D eigenvalue weighted by molar-refractivity contribution is 14.0. The SMILES string of the molecule is CN=C(NCCN1CC(C)CC(C)C1)NCC1(CCO)CCOC1.I. The molecule has 0 radical (unpaired) electrons. The lowest BCUT2D eigenvalue weighted by molar-refractivity contribution is 0.127. The molecule has 3 atom stereocenters. The maximum atomic E-state index is 9.31. The molecule has 2 fully saturated rings. The Kier molecular flexibility index (Phi) is 10.6. The zero-order valence-corrected chi connectivity index (χ0v) is 18.4. The number of aliphatic hydroxyl groups excluding tert-OH is 1. The van der Waals surface area contributed by atoms with Crippen molar-refractivity contribution in [3.05, 3.63) is 0 Å². The molecular formula is C18H37IN4O2. The molecule has 0 saturated carbocycles. The van der Waals surface area contributed by atoms with Gasteiger partial charge in [0.1, 0.15) is 0 Å². The Balaban J connectivity index is 0.00000312. The topological polar surface area (TPSA) is 69.1 Å². The first-order valence-electron chi connectivity index (χ1n) is 9.42. The van der Waals surface area contributed by atoms with E-state index in [-0.39, 0.29) is 36.0 Å². The van der Waals surface area contributed by atoms with Crippen LogP contribution in [0.5, 0.6) is 0 Å². The average Bonchev–Trinajstić information content (AvgIpc) is 2.99. The molecular weight excluding hydrogens is 431 g/mol. The third kappa shape index (κ3) is 7.56. The summed E-state index contributed by atoms with van der Waals surface area (Å²) in [6.45, 7) is 11.6. The summed E-state index contributed by atoms with van der Waals surface area (Å²) in [6, 6.07) is 0. The molecule has 25 heavy (non-hydrogen) atoms. The van der Waals surface area contributed by atoms with Crippen molar-refractivity contribution in [3.8, 4) is 0 Å². The van der Waals surface area contributed by atoms with Gasteiger partial charge in [0.2, 0.25) is 0 Å². The number of piperidine rings is 1. The highest BCUT2D eigenvalue weighted by Crippen LogP contribution is 2.31. The summed E-state index contributed by atoms with van der Waals surface area (Å²) in [4.78, 5) is 6.88. The van der Waals surface area contributed by atoms with E-state index in [2.05, 4.69) is 34.4 Å². The Labute approximate surface area is 170 Å². The highest BCUT2D eigenvalue weighted by atomic mass is 127. The van der Waals surface area contributed by atoms with Gasteiger partial charge in [-0.05, 0) is 31.1 Å². The lowest BCUT2D eigenvalue weighted by atomic mass is 9.84. The molecule has 3 unspecified atom stereocenters. The molecule has 2 rings (SSSR count). The number of aliphatic hydroxyl groups is 1. The molecule has 148 valence electrons. The molecule has 0 aromatic rings. The standard InChI is InChI=1S/C18H36N4O2.HI/c1-15-10-16(2)12-22(11-15)7-6-20-17(19-3)21-13-18(4-8-23)5-9-24-14-18;/h15-16,23H,4-14H2,1-3H3,(H2,19,20,21);1H. The van der Waals surface area contributed by atoms with E-state index in [0.29, 0.717) is 0 Å². The minimum atomic E-state index is 0. The van der Waals surface area contributed by atoms with Crippen molar-refractivity contribution in [2.75, 3.05) is 59.6 Å². The van der Waals surface area contributed by atoms with Gasteiger partial charge in [-0.15, -0.1) is 24.0 Å². The van der Waals surface area contributed by atoms with E-state index in [1.807, 2.05) is 7.05 Å². The predicted octanol–water partition coefficient (Wildman–Crippen LogP) is 1.54. The van der Waals surface area contributed by atoms with Crippen molar-refractivity contribution < 1.29 is 9.84 Å². The van der Waals surface area contributed by atoms with E-state index in [0.717, 1.165) is 63.5 Å². The Bertz CT molecular complexity index is 393. The van der Waals surface area contributed by atoms with Crippen LogP contribution in [-0.2, 0) is 4.74 Å². The van der Waals surface area contributed by atoms with Gasteiger partial charge in [-0.3, -0.25) is 4.99 Å². The van der Waals surface area contributed by atoms with Crippen LogP contribution >= 0.6 is 24.0 Å². The smallest absolute Gasteiger partial charge is 0.191 e.